The molecular weight excluding hydrogens is 376 g/mol. The first kappa shape index (κ1) is 16.0. The third-order valence-corrected chi connectivity index (χ3v) is 4.26. The van der Waals surface area contributed by atoms with Gasteiger partial charge >= 0.3 is 0 Å². The summed E-state index contributed by atoms with van der Waals surface area (Å²) >= 11 is 3.14. The van der Waals surface area contributed by atoms with Gasteiger partial charge in [-0.15, -0.1) is 0 Å². The molecule has 0 bridgehead atoms. The Morgan fingerprint density at radius 1 is 1.33 bits per heavy atom. The van der Waals surface area contributed by atoms with Gasteiger partial charge < -0.3 is 15.8 Å². The predicted molar refractivity (Wildman–Crippen MR) is 97.0 cm³/mol. The van der Waals surface area contributed by atoms with Gasteiger partial charge in [0.2, 0.25) is 0 Å². The molecule has 0 aliphatic rings. The van der Waals surface area contributed by atoms with Crippen molar-refractivity contribution in [1.29, 1.82) is 0 Å². The second-order valence-electron chi connectivity index (χ2n) is 5.24. The number of H-pyrrole nitrogens is 1. The number of nitro groups is 1. The molecule has 3 aromatic rings. The van der Waals surface area contributed by atoms with Gasteiger partial charge in [0.25, 0.3) is 5.69 Å². The zero-order chi connectivity index (χ0) is 17.4. The number of halogens is 1. The minimum Gasteiger partial charge on any atom is -0.494 e. The van der Waals surface area contributed by atoms with E-state index in [1.54, 1.807) is 37.3 Å². The number of anilines is 1. The van der Waals surface area contributed by atoms with E-state index in [0.29, 0.717) is 27.1 Å². The Bertz CT molecular complexity index is 994. The number of hydrogen-bond acceptors (Lipinski definition) is 5. The number of nitro benzene ring substituents is 1. The van der Waals surface area contributed by atoms with E-state index in [0.717, 1.165) is 10.9 Å². The van der Waals surface area contributed by atoms with Crippen molar-refractivity contribution in [2.75, 3.05) is 5.73 Å². The van der Waals surface area contributed by atoms with E-state index >= 15 is 0 Å². The lowest BCUT2D eigenvalue weighted by molar-refractivity contribution is -0.385. The SMILES string of the molecule is CC(=Nc1ccc(Br)c([N+](=O)[O-])c1)c1c(O)[nH]c2ccc(N)cc12. The molecule has 0 atom stereocenters. The van der Waals surface area contributed by atoms with Crippen LogP contribution in [0.4, 0.5) is 17.1 Å². The summed E-state index contributed by atoms with van der Waals surface area (Å²) in [5.41, 5.74) is 8.48. The van der Waals surface area contributed by atoms with Crippen molar-refractivity contribution in [3.63, 3.8) is 0 Å². The molecular formula is C16H13BrN4O3. The van der Waals surface area contributed by atoms with Gasteiger partial charge in [-0.2, -0.15) is 0 Å². The number of aromatic amines is 1. The van der Waals surface area contributed by atoms with Crippen LogP contribution in [0.3, 0.4) is 0 Å². The second kappa shape index (κ2) is 5.97. The number of hydrogen-bond donors (Lipinski definition) is 3. The Labute approximate surface area is 145 Å². The molecule has 0 radical (unpaired) electrons. The molecule has 8 heteroatoms. The molecule has 1 aromatic heterocycles. The summed E-state index contributed by atoms with van der Waals surface area (Å²) in [7, 11) is 0. The minimum absolute atomic E-state index is 0.0246. The standard InChI is InChI=1S/C16H13BrN4O3/c1-8(19-10-3-4-12(17)14(7-10)21(23)24)15-11-6-9(18)2-5-13(11)20-16(15)22/h2-7,20,22H,18H2,1H3. The third kappa shape index (κ3) is 2.83. The average molecular weight is 389 g/mol. The van der Waals surface area contributed by atoms with Crippen LogP contribution in [0.25, 0.3) is 10.9 Å². The molecule has 1 heterocycles. The quantitative estimate of drug-likeness (QED) is 0.268. The number of nitrogens with zero attached hydrogens (tertiary/aromatic N) is 2. The average Bonchev–Trinajstić information content (AvgIpc) is 2.84. The van der Waals surface area contributed by atoms with Gasteiger partial charge in [-0.25, -0.2) is 0 Å². The maximum absolute atomic E-state index is 11.0. The van der Waals surface area contributed by atoms with Gasteiger partial charge in [-0.1, -0.05) is 0 Å². The number of fused-ring (bicyclic) bond motifs is 1. The van der Waals surface area contributed by atoms with E-state index < -0.39 is 4.92 Å². The van der Waals surface area contributed by atoms with Crippen molar-refractivity contribution in [3.8, 4) is 5.88 Å². The van der Waals surface area contributed by atoms with Crippen molar-refractivity contribution in [3.05, 3.63) is 56.5 Å². The van der Waals surface area contributed by atoms with Crippen LogP contribution < -0.4 is 5.73 Å². The van der Waals surface area contributed by atoms with Crippen LogP contribution >= 0.6 is 15.9 Å². The first-order valence-corrected chi connectivity index (χ1v) is 7.76. The maximum atomic E-state index is 11.0. The van der Waals surface area contributed by atoms with Gasteiger partial charge in [-0.05, 0) is 53.2 Å². The lowest BCUT2D eigenvalue weighted by Crippen LogP contribution is -1.94. The molecule has 0 aliphatic heterocycles. The van der Waals surface area contributed by atoms with Crippen LogP contribution in [0.15, 0.2) is 45.9 Å². The Morgan fingerprint density at radius 3 is 2.79 bits per heavy atom. The van der Waals surface area contributed by atoms with Gasteiger partial charge in [0, 0.05) is 22.7 Å². The topological polar surface area (TPSA) is 118 Å². The zero-order valence-corrected chi connectivity index (χ0v) is 14.2. The van der Waals surface area contributed by atoms with Crippen molar-refractivity contribution in [2.45, 2.75) is 6.92 Å². The number of aromatic hydroxyl groups is 1. The minimum atomic E-state index is -0.484. The second-order valence-corrected chi connectivity index (χ2v) is 6.10. The molecule has 0 spiro atoms. The smallest absolute Gasteiger partial charge is 0.285 e. The summed E-state index contributed by atoms with van der Waals surface area (Å²) in [6.45, 7) is 1.72. The Kier molecular flexibility index (Phi) is 3.98. The zero-order valence-electron chi connectivity index (χ0n) is 12.6. The molecule has 0 unspecified atom stereocenters. The Hall–Kier alpha value is -2.87. The van der Waals surface area contributed by atoms with E-state index in [9.17, 15) is 15.2 Å². The number of nitrogens with two attached hydrogens (primary N) is 1. The normalized spacial score (nSPS) is 11.8. The van der Waals surface area contributed by atoms with Crippen LogP contribution in [0.1, 0.15) is 12.5 Å². The molecule has 24 heavy (non-hydrogen) atoms. The first-order chi connectivity index (χ1) is 11.4. The molecule has 0 saturated carbocycles. The highest BCUT2D eigenvalue weighted by molar-refractivity contribution is 9.10. The van der Waals surface area contributed by atoms with Crippen LogP contribution in [-0.2, 0) is 0 Å². The highest BCUT2D eigenvalue weighted by Gasteiger charge is 2.16. The molecule has 3 rings (SSSR count). The van der Waals surface area contributed by atoms with E-state index in [1.807, 2.05) is 0 Å². The van der Waals surface area contributed by atoms with Crippen molar-refractivity contribution in [1.82, 2.24) is 4.98 Å². The maximum Gasteiger partial charge on any atom is 0.285 e. The number of nitrogen functional groups attached to an aromatic ring is 1. The van der Waals surface area contributed by atoms with E-state index in [4.69, 9.17) is 5.73 Å². The molecule has 0 saturated heterocycles. The third-order valence-electron chi connectivity index (χ3n) is 3.59. The fraction of sp³-hybridized carbons (Fsp3) is 0.0625. The van der Waals surface area contributed by atoms with E-state index in [1.165, 1.54) is 6.07 Å². The number of rotatable bonds is 3. The van der Waals surface area contributed by atoms with Crippen LogP contribution in [0.5, 0.6) is 5.88 Å². The molecule has 122 valence electrons. The summed E-state index contributed by atoms with van der Waals surface area (Å²) in [5, 5.41) is 21.9. The number of aliphatic imine (C=N–C) groups is 1. The first-order valence-electron chi connectivity index (χ1n) is 6.96. The van der Waals surface area contributed by atoms with Gasteiger partial charge in [0.15, 0.2) is 5.88 Å². The van der Waals surface area contributed by atoms with Crippen LogP contribution in [-0.4, -0.2) is 20.7 Å². The fourth-order valence-corrected chi connectivity index (χ4v) is 2.91. The lowest BCUT2D eigenvalue weighted by Gasteiger charge is -2.02. The van der Waals surface area contributed by atoms with Crippen LogP contribution in [0, 0.1) is 10.1 Å². The van der Waals surface area contributed by atoms with E-state index in [2.05, 4.69) is 25.9 Å². The molecule has 7 nitrogen and oxygen atoms in total. The molecule has 2 aromatic carbocycles. The van der Waals surface area contributed by atoms with Gasteiger partial charge in [0.1, 0.15) is 0 Å². The largest absolute Gasteiger partial charge is 0.494 e. The summed E-state index contributed by atoms with van der Waals surface area (Å²) < 4.78 is 0.381. The summed E-state index contributed by atoms with van der Waals surface area (Å²) in [5.74, 6) is -0.0246. The fourth-order valence-electron chi connectivity index (χ4n) is 2.52. The number of aromatic nitrogens is 1. The highest BCUT2D eigenvalue weighted by atomic mass is 79.9. The van der Waals surface area contributed by atoms with Crippen LogP contribution in [0.2, 0.25) is 0 Å². The number of nitrogens with one attached hydrogen (secondary N) is 1. The molecule has 0 fully saturated rings. The predicted octanol–water partition coefficient (Wildman–Crippen LogP) is 4.27. The molecule has 0 amide bonds. The lowest BCUT2D eigenvalue weighted by atomic mass is 10.1. The number of benzene rings is 2. The summed E-state index contributed by atoms with van der Waals surface area (Å²) in [4.78, 5) is 17.8. The van der Waals surface area contributed by atoms with E-state index in [-0.39, 0.29) is 11.6 Å². The van der Waals surface area contributed by atoms with Gasteiger partial charge in [0.05, 0.1) is 26.4 Å². The van der Waals surface area contributed by atoms with Crippen molar-refractivity contribution < 1.29 is 10.0 Å². The summed E-state index contributed by atoms with van der Waals surface area (Å²) in [6, 6.07) is 9.83. The molecule has 4 N–H and O–H groups in total. The summed E-state index contributed by atoms with van der Waals surface area (Å²) in [6.07, 6.45) is 0. The highest BCUT2D eigenvalue weighted by Crippen LogP contribution is 2.32. The molecule has 0 aliphatic carbocycles. The monoisotopic (exact) mass is 388 g/mol. The van der Waals surface area contributed by atoms with Gasteiger partial charge in [-0.3, -0.25) is 15.1 Å². The Morgan fingerprint density at radius 2 is 2.08 bits per heavy atom. The van der Waals surface area contributed by atoms with Crippen molar-refractivity contribution >= 4 is 49.6 Å². The Balaban J connectivity index is 2.12. The van der Waals surface area contributed by atoms with Crippen molar-refractivity contribution in [2.24, 2.45) is 4.99 Å².